The van der Waals surface area contributed by atoms with Crippen molar-refractivity contribution >= 4 is 5.97 Å². The Labute approximate surface area is 154 Å². The van der Waals surface area contributed by atoms with Gasteiger partial charge in [-0.05, 0) is 55.6 Å². The Morgan fingerprint density at radius 3 is 3.00 bits per heavy atom. The molecule has 0 aromatic carbocycles. The summed E-state index contributed by atoms with van der Waals surface area (Å²) in [6, 6.07) is 5.91. The number of carbonyl (C=O) groups excluding carboxylic acids is 1. The molecule has 4 fully saturated rings. The van der Waals surface area contributed by atoms with E-state index in [2.05, 4.69) is 17.2 Å². The van der Waals surface area contributed by atoms with Gasteiger partial charge in [0.1, 0.15) is 6.10 Å². The molecule has 0 unspecified atom stereocenters. The molecule has 1 spiro atoms. The average Bonchev–Trinajstić information content (AvgIpc) is 3.33. The van der Waals surface area contributed by atoms with Crippen molar-refractivity contribution in [1.29, 1.82) is 0 Å². The standard InChI is InChI=1S/C21H28N2O3/c1-20-6-4-7-21(13-25-21)18(20)9-15-16(19(24)26-17(15)10-20)12-22-11-14-5-2-3-8-23-14/h2-3,5,8,15-18,22H,4,6-7,9-13H2,1H3/t15-,16+,17-,18-,20-,21+/m1/s1. The van der Waals surface area contributed by atoms with E-state index in [1.807, 2.05) is 18.2 Å². The molecule has 4 aliphatic rings. The van der Waals surface area contributed by atoms with Gasteiger partial charge in [0, 0.05) is 25.2 Å². The Morgan fingerprint density at radius 2 is 2.23 bits per heavy atom. The van der Waals surface area contributed by atoms with Crippen LogP contribution in [0.5, 0.6) is 0 Å². The molecule has 3 heterocycles. The van der Waals surface area contributed by atoms with Crippen molar-refractivity contribution < 1.29 is 14.3 Å². The molecule has 26 heavy (non-hydrogen) atoms. The van der Waals surface area contributed by atoms with Gasteiger partial charge in [-0.3, -0.25) is 9.78 Å². The van der Waals surface area contributed by atoms with Crippen molar-refractivity contribution in [2.24, 2.45) is 23.2 Å². The van der Waals surface area contributed by atoms with E-state index >= 15 is 0 Å². The van der Waals surface area contributed by atoms with Crippen LogP contribution < -0.4 is 5.32 Å². The summed E-state index contributed by atoms with van der Waals surface area (Å²) in [6.45, 7) is 4.68. The summed E-state index contributed by atoms with van der Waals surface area (Å²) in [6.07, 6.45) is 7.66. The van der Waals surface area contributed by atoms with E-state index in [0.29, 0.717) is 24.9 Å². The zero-order chi connectivity index (χ0) is 17.8. The normalized spacial score (nSPS) is 43.7. The van der Waals surface area contributed by atoms with E-state index < -0.39 is 0 Å². The summed E-state index contributed by atoms with van der Waals surface area (Å²) in [5.74, 6) is 0.862. The third-order valence-electron chi connectivity index (χ3n) is 7.48. The van der Waals surface area contributed by atoms with E-state index in [-0.39, 0.29) is 29.0 Å². The molecule has 5 nitrogen and oxygen atoms in total. The van der Waals surface area contributed by atoms with Crippen molar-refractivity contribution in [3.63, 3.8) is 0 Å². The maximum Gasteiger partial charge on any atom is 0.310 e. The van der Waals surface area contributed by atoms with Crippen LogP contribution in [0.2, 0.25) is 0 Å². The maximum absolute atomic E-state index is 12.6. The number of rotatable bonds is 4. The molecule has 2 saturated carbocycles. The van der Waals surface area contributed by atoms with Crippen LogP contribution in [0.25, 0.3) is 0 Å². The monoisotopic (exact) mass is 356 g/mol. The molecule has 6 atom stereocenters. The third kappa shape index (κ3) is 2.67. The average molecular weight is 356 g/mol. The fourth-order valence-electron chi connectivity index (χ4n) is 6.05. The molecule has 2 aliphatic carbocycles. The number of hydrogen-bond donors (Lipinski definition) is 1. The molecular weight excluding hydrogens is 328 g/mol. The smallest absolute Gasteiger partial charge is 0.310 e. The fourth-order valence-corrected chi connectivity index (χ4v) is 6.05. The number of hydrogen-bond acceptors (Lipinski definition) is 5. The van der Waals surface area contributed by atoms with Crippen LogP contribution >= 0.6 is 0 Å². The first-order chi connectivity index (χ1) is 12.6. The van der Waals surface area contributed by atoms with Crippen LogP contribution in [0.1, 0.15) is 44.7 Å². The van der Waals surface area contributed by atoms with Gasteiger partial charge < -0.3 is 14.8 Å². The molecule has 2 saturated heterocycles. The first-order valence-electron chi connectivity index (χ1n) is 10.0. The van der Waals surface area contributed by atoms with Gasteiger partial charge in [-0.25, -0.2) is 0 Å². The van der Waals surface area contributed by atoms with Crippen molar-refractivity contribution in [2.45, 2.75) is 57.3 Å². The summed E-state index contributed by atoms with van der Waals surface area (Å²) in [5.41, 5.74) is 1.39. The number of pyridine rings is 1. The van der Waals surface area contributed by atoms with Crippen LogP contribution in [0.15, 0.2) is 24.4 Å². The minimum Gasteiger partial charge on any atom is -0.462 e. The summed E-state index contributed by atoms with van der Waals surface area (Å²) >= 11 is 0. The van der Waals surface area contributed by atoms with Crippen LogP contribution in [-0.2, 0) is 20.8 Å². The lowest BCUT2D eigenvalue weighted by Crippen LogP contribution is -2.51. The minimum atomic E-state index is -0.0361. The molecule has 1 N–H and O–H groups in total. The Bertz CT molecular complexity index is 690. The summed E-state index contributed by atoms with van der Waals surface area (Å²) < 4.78 is 11.8. The molecule has 5 rings (SSSR count). The molecule has 0 amide bonds. The SMILES string of the molecule is C[C@]12CCC[C@]3(CO3)[C@@H]1C[C@@H]1[C@H](CNCc3ccccn3)C(=O)O[C@@H]1C2. The Hall–Kier alpha value is -1.46. The largest absolute Gasteiger partial charge is 0.462 e. The Morgan fingerprint density at radius 1 is 1.35 bits per heavy atom. The molecule has 2 aliphatic heterocycles. The summed E-state index contributed by atoms with van der Waals surface area (Å²) in [7, 11) is 0. The number of nitrogens with one attached hydrogen (secondary N) is 1. The van der Waals surface area contributed by atoms with Crippen LogP contribution in [0.4, 0.5) is 0 Å². The van der Waals surface area contributed by atoms with Gasteiger partial charge in [0.05, 0.1) is 23.8 Å². The lowest BCUT2D eigenvalue weighted by Gasteiger charge is -2.51. The summed E-state index contributed by atoms with van der Waals surface area (Å²) in [5, 5.41) is 3.43. The predicted octanol–water partition coefficient (Wildman–Crippen LogP) is 2.70. The predicted molar refractivity (Wildman–Crippen MR) is 96.2 cm³/mol. The van der Waals surface area contributed by atoms with E-state index in [4.69, 9.17) is 9.47 Å². The third-order valence-corrected chi connectivity index (χ3v) is 7.48. The molecule has 0 radical (unpaired) electrons. The quantitative estimate of drug-likeness (QED) is 0.664. The second-order valence-electron chi connectivity index (χ2n) is 9.05. The highest BCUT2D eigenvalue weighted by Gasteiger charge is 2.64. The molecule has 5 heteroatoms. The lowest BCUT2D eigenvalue weighted by atomic mass is 9.53. The minimum absolute atomic E-state index is 0.0125. The number of aromatic nitrogens is 1. The first kappa shape index (κ1) is 16.7. The van der Waals surface area contributed by atoms with Gasteiger partial charge in [-0.1, -0.05) is 13.0 Å². The molecule has 140 valence electrons. The van der Waals surface area contributed by atoms with E-state index in [9.17, 15) is 4.79 Å². The lowest BCUT2D eigenvalue weighted by molar-refractivity contribution is -0.147. The molecular formula is C21H28N2O3. The van der Waals surface area contributed by atoms with Crippen LogP contribution in [-0.4, -0.2) is 35.8 Å². The molecule has 1 aromatic heterocycles. The topological polar surface area (TPSA) is 63.8 Å². The van der Waals surface area contributed by atoms with Gasteiger partial charge >= 0.3 is 5.97 Å². The zero-order valence-electron chi connectivity index (χ0n) is 15.4. The van der Waals surface area contributed by atoms with Crippen LogP contribution in [0.3, 0.4) is 0 Å². The first-order valence-corrected chi connectivity index (χ1v) is 10.0. The number of esters is 1. The molecule has 1 aromatic rings. The van der Waals surface area contributed by atoms with E-state index in [0.717, 1.165) is 25.1 Å². The number of ether oxygens (including phenoxy) is 2. The Balaban J connectivity index is 1.28. The zero-order valence-corrected chi connectivity index (χ0v) is 15.4. The van der Waals surface area contributed by atoms with E-state index in [1.54, 1.807) is 6.20 Å². The highest BCUT2D eigenvalue weighted by atomic mass is 16.6. The van der Waals surface area contributed by atoms with Crippen LogP contribution in [0, 0.1) is 23.2 Å². The Kier molecular flexibility index (Phi) is 3.87. The van der Waals surface area contributed by atoms with Gasteiger partial charge in [0.25, 0.3) is 0 Å². The number of epoxide rings is 1. The highest BCUT2D eigenvalue weighted by molar-refractivity contribution is 5.75. The van der Waals surface area contributed by atoms with Gasteiger partial charge in [0.15, 0.2) is 0 Å². The fraction of sp³-hybridized carbons (Fsp3) is 0.714. The number of carbonyl (C=O) groups is 1. The van der Waals surface area contributed by atoms with Gasteiger partial charge in [-0.2, -0.15) is 0 Å². The van der Waals surface area contributed by atoms with Gasteiger partial charge in [0.2, 0.25) is 0 Å². The highest BCUT2D eigenvalue weighted by Crippen LogP contribution is 2.62. The van der Waals surface area contributed by atoms with Gasteiger partial charge in [-0.15, -0.1) is 0 Å². The van der Waals surface area contributed by atoms with E-state index in [1.165, 1.54) is 19.3 Å². The van der Waals surface area contributed by atoms with Crippen molar-refractivity contribution in [3.05, 3.63) is 30.1 Å². The second-order valence-corrected chi connectivity index (χ2v) is 9.05. The second kappa shape index (κ2) is 6.03. The number of fused-ring (bicyclic) bond motifs is 3. The van der Waals surface area contributed by atoms with Crippen molar-refractivity contribution in [3.8, 4) is 0 Å². The summed E-state index contributed by atoms with van der Waals surface area (Å²) in [4.78, 5) is 16.9. The maximum atomic E-state index is 12.6. The molecule has 0 bridgehead atoms. The van der Waals surface area contributed by atoms with Crippen molar-refractivity contribution in [1.82, 2.24) is 10.3 Å². The van der Waals surface area contributed by atoms with Crippen molar-refractivity contribution in [2.75, 3.05) is 13.2 Å². The number of nitrogens with zero attached hydrogens (tertiary/aromatic N) is 1.